The molecule has 0 aliphatic carbocycles. The Hall–Kier alpha value is -1.91. The van der Waals surface area contributed by atoms with Gasteiger partial charge in [0.25, 0.3) is 0 Å². The molecule has 3 aromatic rings. The average Bonchev–Trinajstić information content (AvgIpc) is 3.47. The molecule has 0 bridgehead atoms. The Morgan fingerprint density at radius 2 is 2.07 bits per heavy atom. The summed E-state index contributed by atoms with van der Waals surface area (Å²) in [7, 11) is 1.83. The molecule has 1 saturated heterocycles. The van der Waals surface area contributed by atoms with Gasteiger partial charge in [-0.15, -0.1) is 24.0 Å². The van der Waals surface area contributed by atoms with Crippen molar-refractivity contribution < 1.29 is 0 Å². The highest BCUT2D eigenvalue weighted by Gasteiger charge is 2.20. The number of likely N-dealkylation sites (tertiary alicyclic amines) is 1. The van der Waals surface area contributed by atoms with E-state index in [1.54, 1.807) is 17.5 Å². The minimum atomic E-state index is 0. The van der Waals surface area contributed by atoms with Gasteiger partial charge in [-0.25, -0.2) is 4.68 Å². The second kappa shape index (κ2) is 11.5. The van der Waals surface area contributed by atoms with E-state index in [1.807, 2.05) is 24.0 Å². The minimum Gasteiger partial charge on any atom is -0.354 e. The normalized spacial score (nSPS) is 15.6. The summed E-state index contributed by atoms with van der Waals surface area (Å²) in [5.41, 5.74) is 3.69. The summed E-state index contributed by atoms with van der Waals surface area (Å²) in [5.74, 6) is 0.866. The Labute approximate surface area is 199 Å². The number of hydrogen-bond donors (Lipinski definition) is 2. The molecular weight excluding hydrogens is 507 g/mol. The van der Waals surface area contributed by atoms with Crippen LogP contribution in [0.15, 0.2) is 64.5 Å². The second-order valence-corrected chi connectivity index (χ2v) is 8.15. The minimum absolute atomic E-state index is 0. The quantitative estimate of drug-likeness (QED) is 0.285. The van der Waals surface area contributed by atoms with Crippen LogP contribution in [0.25, 0.3) is 5.69 Å². The van der Waals surface area contributed by atoms with Gasteiger partial charge >= 0.3 is 0 Å². The molecule has 1 fully saturated rings. The van der Waals surface area contributed by atoms with Gasteiger partial charge in [0.1, 0.15) is 0 Å². The first-order valence-electron chi connectivity index (χ1n) is 10.1. The maximum atomic E-state index is 4.41. The summed E-state index contributed by atoms with van der Waals surface area (Å²) < 4.78 is 1.88. The molecule has 1 aliphatic rings. The summed E-state index contributed by atoms with van der Waals surface area (Å²) in [5, 5.41) is 15.8. The van der Waals surface area contributed by atoms with Crippen LogP contribution in [0.4, 0.5) is 0 Å². The first-order valence-corrected chi connectivity index (χ1v) is 11.0. The van der Waals surface area contributed by atoms with Crippen molar-refractivity contribution in [2.45, 2.75) is 32.0 Å². The highest BCUT2D eigenvalue weighted by Crippen LogP contribution is 2.15. The van der Waals surface area contributed by atoms with Gasteiger partial charge < -0.3 is 10.6 Å². The van der Waals surface area contributed by atoms with E-state index in [9.17, 15) is 0 Å². The molecule has 1 aromatic carbocycles. The molecule has 160 valence electrons. The number of piperidine rings is 1. The number of nitrogens with zero attached hydrogens (tertiary/aromatic N) is 4. The summed E-state index contributed by atoms with van der Waals surface area (Å²) in [6.45, 7) is 4.04. The van der Waals surface area contributed by atoms with Crippen molar-refractivity contribution >= 4 is 41.3 Å². The highest BCUT2D eigenvalue weighted by atomic mass is 127. The molecule has 0 saturated carbocycles. The fourth-order valence-electron chi connectivity index (χ4n) is 3.68. The smallest absolute Gasteiger partial charge is 0.191 e. The van der Waals surface area contributed by atoms with Crippen LogP contribution in [-0.4, -0.2) is 46.8 Å². The number of aromatic nitrogens is 2. The van der Waals surface area contributed by atoms with E-state index in [-0.39, 0.29) is 24.0 Å². The Bertz CT molecular complexity index is 902. The predicted molar refractivity (Wildman–Crippen MR) is 135 cm³/mol. The lowest BCUT2D eigenvalue weighted by Crippen LogP contribution is -2.48. The van der Waals surface area contributed by atoms with Gasteiger partial charge in [-0.2, -0.15) is 16.4 Å². The van der Waals surface area contributed by atoms with Crippen molar-refractivity contribution in [1.29, 1.82) is 0 Å². The first-order chi connectivity index (χ1) is 14.3. The number of halogens is 1. The van der Waals surface area contributed by atoms with Crippen molar-refractivity contribution in [3.05, 3.63) is 70.7 Å². The molecular formula is C22H29IN6S. The standard InChI is InChI=1S/C22H28N6S.HI/c1-23-22(24-15-18-4-2-5-21(14-18)28-10-3-9-25-28)26-20-6-11-27(12-7-20)16-19-8-13-29-17-19;/h2-5,8-10,13-14,17,20H,6-7,11-12,15-16H2,1H3,(H2,23,24,26);1H. The third-order valence-electron chi connectivity index (χ3n) is 5.28. The van der Waals surface area contributed by atoms with Crippen molar-refractivity contribution in [2.75, 3.05) is 20.1 Å². The van der Waals surface area contributed by atoms with Crippen LogP contribution in [-0.2, 0) is 13.1 Å². The summed E-state index contributed by atoms with van der Waals surface area (Å²) >= 11 is 1.78. The SMILES string of the molecule is CN=C(NCc1cccc(-n2cccn2)c1)NC1CCN(Cc2ccsc2)CC1.I. The highest BCUT2D eigenvalue weighted by molar-refractivity contribution is 14.0. The van der Waals surface area contributed by atoms with Crippen LogP contribution < -0.4 is 10.6 Å². The number of benzene rings is 1. The number of thiophene rings is 1. The maximum absolute atomic E-state index is 4.41. The number of nitrogens with one attached hydrogen (secondary N) is 2. The van der Waals surface area contributed by atoms with Crippen LogP contribution in [0.1, 0.15) is 24.0 Å². The van der Waals surface area contributed by atoms with Gasteiger partial charge in [0.05, 0.1) is 5.69 Å². The van der Waals surface area contributed by atoms with Crippen molar-refractivity contribution in [3.63, 3.8) is 0 Å². The fraction of sp³-hybridized carbons (Fsp3) is 0.364. The first kappa shape index (κ1) is 22.8. The third kappa shape index (κ3) is 6.29. The lowest BCUT2D eigenvalue weighted by molar-refractivity contribution is 0.198. The zero-order valence-electron chi connectivity index (χ0n) is 17.2. The molecule has 30 heavy (non-hydrogen) atoms. The van der Waals surface area contributed by atoms with E-state index in [0.717, 1.165) is 50.7 Å². The van der Waals surface area contributed by atoms with Gasteiger partial charge in [-0.05, 0) is 59.0 Å². The van der Waals surface area contributed by atoms with E-state index >= 15 is 0 Å². The van der Waals surface area contributed by atoms with Gasteiger partial charge in [0.2, 0.25) is 0 Å². The Kier molecular flexibility index (Phi) is 8.71. The van der Waals surface area contributed by atoms with Crippen LogP contribution in [0, 0.1) is 0 Å². The second-order valence-electron chi connectivity index (χ2n) is 7.37. The molecule has 2 aromatic heterocycles. The number of hydrogen-bond acceptors (Lipinski definition) is 4. The van der Waals surface area contributed by atoms with Gasteiger partial charge in [0, 0.05) is 51.7 Å². The number of guanidine groups is 1. The van der Waals surface area contributed by atoms with Crippen LogP contribution in [0.5, 0.6) is 0 Å². The van der Waals surface area contributed by atoms with E-state index in [1.165, 1.54) is 11.1 Å². The molecule has 0 spiro atoms. The van der Waals surface area contributed by atoms with Gasteiger partial charge in [0.15, 0.2) is 5.96 Å². The third-order valence-corrected chi connectivity index (χ3v) is 6.01. The Morgan fingerprint density at radius 3 is 2.77 bits per heavy atom. The molecule has 0 amide bonds. The van der Waals surface area contributed by atoms with E-state index < -0.39 is 0 Å². The Morgan fingerprint density at radius 1 is 1.20 bits per heavy atom. The maximum Gasteiger partial charge on any atom is 0.191 e. The van der Waals surface area contributed by atoms with Crippen molar-refractivity contribution in [3.8, 4) is 5.69 Å². The lowest BCUT2D eigenvalue weighted by Gasteiger charge is -2.33. The molecule has 2 N–H and O–H groups in total. The van der Waals surface area contributed by atoms with Gasteiger partial charge in [-0.1, -0.05) is 12.1 Å². The lowest BCUT2D eigenvalue weighted by atomic mass is 10.0. The van der Waals surface area contributed by atoms with E-state index in [4.69, 9.17) is 0 Å². The predicted octanol–water partition coefficient (Wildman–Crippen LogP) is 3.88. The Balaban J connectivity index is 0.00000256. The molecule has 0 radical (unpaired) electrons. The zero-order valence-corrected chi connectivity index (χ0v) is 20.3. The van der Waals surface area contributed by atoms with E-state index in [2.05, 4.69) is 66.7 Å². The monoisotopic (exact) mass is 536 g/mol. The molecule has 6 nitrogen and oxygen atoms in total. The van der Waals surface area contributed by atoms with Crippen LogP contribution in [0.2, 0.25) is 0 Å². The molecule has 4 rings (SSSR count). The fourth-order valence-corrected chi connectivity index (χ4v) is 4.34. The topological polar surface area (TPSA) is 57.5 Å². The average molecular weight is 536 g/mol. The van der Waals surface area contributed by atoms with Crippen molar-refractivity contribution in [1.82, 2.24) is 25.3 Å². The largest absolute Gasteiger partial charge is 0.354 e. The number of aliphatic imine (C=N–C) groups is 1. The van der Waals surface area contributed by atoms with Crippen LogP contribution >= 0.6 is 35.3 Å². The zero-order chi connectivity index (χ0) is 19.9. The molecule has 8 heteroatoms. The van der Waals surface area contributed by atoms with Crippen molar-refractivity contribution in [2.24, 2.45) is 4.99 Å². The van der Waals surface area contributed by atoms with E-state index in [0.29, 0.717) is 6.04 Å². The summed E-state index contributed by atoms with van der Waals surface area (Å²) in [4.78, 5) is 6.95. The van der Waals surface area contributed by atoms with Gasteiger partial charge in [-0.3, -0.25) is 9.89 Å². The molecule has 0 atom stereocenters. The summed E-state index contributed by atoms with van der Waals surface area (Å²) in [6.07, 6.45) is 6.03. The van der Waals surface area contributed by atoms with Crippen LogP contribution in [0.3, 0.4) is 0 Å². The molecule has 3 heterocycles. The summed E-state index contributed by atoms with van der Waals surface area (Å²) in [6, 6.07) is 13.0. The molecule has 0 unspecified atom stereocenters. The number of rotatable bonds is 6. The molecule has 1 aliphatic heterocycles.